The number of hydrogen-bond donors (Lipinski definition) is 10. The van der Waals surface area contributed by atoms with Crippen molar-refractivity contribution in [1.82, 2.24) is 0 Å². The standard InChI is InChI=1S/C10H10N2O7S2.C10H9NO3S.C6H7ClN2O/c11-6-3-5-4(1-7(6)20(14,15)16)2-8(21(17,18)19)9(12)10(5)13;11-8-4-5-9-7(6-8)2-1-3-10(9)15(12,13)14;7-3-1-5(9)6(10)2-4(3)8/h1-3,13H,11-12H2,(H,14,15,16)(H,17,18,19);1-6H,11H2,(H,12,13,14);1-2,10H,8-9H2. The molecular formula is C26H26ClN5O11S3. The average Bonchev–Trinajstić information content (AvgIpc) is 2.92. The van der Waals surface area contributed by atoms with Crippen molar-refractivity contribution in [3.05, 3.63) is 71.8 Å². The lowest BCUT2D eigenvalue weighted by molar-refractivity contribution is 0.473. The molecule has 0 aliphatic heterocycles. The highest BCUT2D eigenvalue weighted by Gasteiger charge is 2.22. The molecule has 246 valence electrons. The molecule has 0 amide bonds. The molecule has 0 radical (unpaired) electrons. The maximum atomic E-state index is 11.2. The molecule has 15 N–H and O–H groups in total. The van der Waals surface area contributed by atoms with E-state index in [0.29, 0.717) is 27.2 Å². The lowest BCUT2D eigenvalue weighted by atomic mass is 10.1. The van der Waals surface area contributed by atoms with Gasteiger partial charge >= 0.3 is 0 Å². The normalized spacial score (nSPS) is 11.7. The smallest absolute Gasteiger partial charge is 0.296 e. The molecule has 0 spiro atoms. The third-order valence-electron chi connectivity index (χ3n) is 6.09. The van der Waals surface area contributed by atoms with E-state index in [-0.39, 0.29) is 32.8 Å². The second-order valence-corrected chi connectivity index (χ2v) is 13.9. The van der Waals surface area contributed by atoms with E-state index >= 15 is 0 Å². The van der Waals surface area contributed by atoms with Crippen LogP contribution in [0.2, 0.25) is 5.02 Å². The van der Waals surface area contributed by atoms with Crippen molar-refractivity contribution in [1.29, 1.82) is 0 Å². The number of nitrogens with two attached hydrogens (primary N) is 5. The summed E-state index contributed by atoms with van der Waals surface area (Å²) in [5.74, 6) is -0.726. The Hall–Kier alpha value is -4.76. The third kappa shape index (κ3) is 8.09. The first-order valence-electron chi connectivity index (χ1n) is 12.1. The maximum absolute atomic E-state index is 11.2. The van der Waals surface area contributed by atoms with Gasteiger partial charge in [-0.1, -0.05) is 29.8 Å². The number of halogens is 1. The van der Waals surface area contributed by atoms with E-state index in [2.05, 4.69) is 0 Å². The third-order valence-corrected chi connectivity index (χ3v) is 9.13. The molecular weight excluding hydrogens is 690 g/mol. The minimum absolute atomic E-state index is 0.0372. The number of fused-ring (bicyclic) bond motifs is 2. The van der Waals surface area contributed by atoms with E-state index in [9.17, 15) is 30.4 Å². The Balaban J connectivity index is 0.000000201. The molecule has 0 bridgehead atoms. The molecule has 5 aromatic carbocycles. The summed E-state index contributed by atoms with van der Waals surface area (Å²) in [4.78, 5) is -1.56. The van der Waals surface area contributed by atoms with E-state index in [4.69, 9.17) is 59.0 Å². The Morgan fingerprint density at radius 1 is 0.543 bits per heavy atom. The van der Waals surface area contributed by atoms with Gasteiger partial charge in [0.1, 0.15) is 26.2 Å². The first kappa shape index (κ1) is 35.7. The molecule has 5 aromatic rings. The number of anilines is 5. The van der Waals surface area contributed by atoms with Crippen molar-refractivity contribution in [2.75, 3.05) is 28.7 Å². The second-order valence-electron chi connectivity index (χ2n) is 9.34. The number of hydrogen-bond acceptors (Lipinski definition) is 13. The van der Waals surface area contributed by atoms with Gasteiger partial charge in [-0.15, -0.1) is 0 Å². The quantitative estimate of drug-likeness (QED) is 0.0728. The van der Waals surface area contributed by atoms with Gasteiger partial charge in [0.25, 0.3) is 30.4 Å². The predicted molar refractivity (Wildman–Crippen MR) is 174 cm³/mol. The molecule has 0 aromatic heterocycles. The zero-order valence-electron chi connectivity index (χ0n) is 23.0. The van der Waals surface area contributed by atoms with E-state index < -0.39 is 51.6 Å². The Labute approximate surface area is 266 Å². The highest BCUT2D eigenvalue weighted by molar-refractivity contribution is 7.86. The fraction of sp³-hybridized carbons (Fsp3) is 0. The van der Waals surface area contributed by atoms with E-state index in [1.165, 1.54) is 18.2 Å². The van der Waals surface area contributed by atoms with Gasteiger partial charge in [-0.25, -0.2) is 0 Å². The van der Waals surface area contributed by atoms with Crippen LogP contribution in [0.25, 0.3) is 21.5 Å². The van der Waals surface area contributed by atoms with Gasteiger partial charge in [-0.2, -0.15) is 25.3 Å². The van der Waals surface area contributed by atoms with Gasteiger partial charge < -0.3 is 38.9 Å². The molecule has 0 unspecified atom stereocenters. The van der Waals surface area contributed by atoms with E-state index in [1.54, 1.807) is 30.3 Å². The highest BCUT2D eigenvalue weighted by atomic mass is 35.5. The summed E-state index contributed by atoms with van der Waals surface area (Å²) in [6, 6.07) is 14.9. The van der Waals surface area contributed by atoms with Crippen molar-refractivity contribution >= 4 is 91.9 Å². The summed E-state index contributed by atoms with van der Waals surface area (Å²) >= 11 is 5.57. The SMILES string of the molecule is Nc1cc(Cl)c(N)cc1O.Nc1cc2c(O)c(N)c(S(=O)(=O)O)cc2cc1S(=O)(=O)O.Nc1ccc2c(S(=O)(=O)O)cccc2c1. The molecule has 0 aliphatic rings. The molecule has 0 heterocycles. The lowest BCUT2D eigenvalue weighted by Crippen LogP contribution is -2.06. The molecule has 0 aliphatic carbocycles. The van der Waals surface area contributed by atoms with Crippen LogP contribution >= 0.6 is 11.6 Å². The molecule has 0 atom stereocenters. The molecule has 20 heteroatoms. The van der Waals surface area contributed by atoms with Gasteiger partial charge in [0.05, 0.1) is 27.8 Å². The number of aromatic hydroxyl groups is 2. The first-order chi connectivity index (χ1) is 21.0. The van der Waals surface area contributed by atoms with Crippen LogP contribution in [0.15, 0.2) is 81.4 Å². The zero-order chi connectivity index (χ0) is 34.9. The number of nitrogen functional groups attached to an aromatic ring is 5. The maximum Gasteiger partial charge on any atom is 0.296 e. The zero-order valence-corrected chi connectivity index (χ0v) is 26.2. The summed E-state index contributed by atoms with van der Waals surface area (Å²) < 4.78 is 93.8. The van der Waals surface area contributed by atoms with Crippen LogP contribution < -0.4 is 28.7 Å². The van der Waals surface area contributed by atoms with Crippen molar-refractivity contribution in [3.63, 3.8) is 0 Å². The minimum atomic E-state index is -4.73. The van der Waals surface area contributed by atoms with E-state index in [0.717, 1.165) is 18.2 Å². The van der Waals surface area contributed by atoms with Crippen LogP contribution in [-0.4, -0.2) is 49.1 Å². The van der Waals surface area contributed by atoms with Gasteiger partial charge in [0, 0.05) is 22.5 Å². The van der Waals surface area contributed by atoms with Crippen molar-refractivity contribution in [3.8, 4) is 11.5 Å². The fourth-order valence-corrected chi connectivity index (χ4v) is 6.11. The molecule has 0 saturated carbocycles. The molecule has 0 fully saturated rings. The van der Waals surface area contributed by atoms with Crippen LogP contribution in [0.1, 0.15) is 0 Å². The van der Waals surface area contributed by atoms with Gasteiger partial charge in [-0.05, 0) is 53.2 Å². The van der Waals surface area contributed by atoms with Crippen LogP contribution in [0.4, 0.5) is 28.4 Å². The molecule has 0 saturated heterocycles. The van der Waals surface area contributed by atoms with Crippen molar-refractivity contribution in [2.24, 2.45) is 0 Å². The van der Waals surface area contributed by atoms with Gasteiger partial charge in [-0.3, -0.25) is 13.7 Å². The largest absolute Gasteiger partial charge is 0.506 e. The summed E-state index contributed by atoms with van der Waals surface area (Å²) in [6.45, 7) is 0. The first-order valence-corrected chi connectivity index (χ1v) is 16.8. The van der Waals surface area contributed by atoms with Crippen LogP contribution in [0.3, 0.4) is 0 Å². The number of phenolic OH excluding ortho intramolecular Hbond substituents is 2. The van der Waals surface area contributed by atoms with Gasteiger partial charge in [0.15, 0.2) is 0 Å². The monoisotopic (exact) mass is 715 g/mol. The Morgan fingerprint density at radius 3 is 1.65 bits per heavy atom. The molecule has 5 rings (SSSR count). The average molecular weight is 716 g/mol. The minimum Gasteiger partial charge on any atom is -0.506 e. The van der Waals surface area contributed by atoms with Crippen molar-refractivity contribution < 1.29 is 49.1 Å². The lowest BCUT2D eigenvalue weighted by Gasteiger charge is -2.11. The summed E-state index contributed by atoms with van der Waals surface area (Å²) in [5.41, 5.74) is 27.2. The Bertz CT molecular complexity index is 2280. The topological polar surface area (TPSA) is 334 Å². The van der Waals surface area contributed by atoms with Gasteiger partial charge in [0.2, 0.25) is 0 Å². The van der Waals surface area contributed by atoms with Crippen LogP contribution in [0, 0.1) is 0 Å². The predicted octanol–water partition coefficient (Wildman–Crippen LogP) is 3.08. The number of rotatable bonds is 3. The second kappa shape index (κ2) is 12.9. The Morgan fingerprint density at radius 2 is 1.11 bits per heavy atom. The van der Waals surface area contributed by atoms with Crippen LogP contribution in [-0.2, 0) is 30.4 Å². The highest BCUT2D eigenvalue weighted by Crippen LogP contribution is 2.39. The van der Waals surface area contributed by atoms with Crippen LogP contribution in [0.5, 0.6) is 11.5 Å². The summed E-state index contributed by atoms with van der Waals surface area (Å²) in [5, 5.41) is 20.2. The van der Waals surface area contributed by atoms with E-state index in [1.807, 2.05) is 0 Å². The number of benzene rings is 5. The Kier molecular flexibility index (Phi) is 10.0. The summed E-state index contributed by atoms with van der Waals surface area (Å²) in [7, 11) is -13.6. The van der Waals surface area contributed by atoms with Crippen molar-refractivity contribution in [2.45, 2.75) is 14.7 Å². The fourth-order valence-electron chi connectivity index (χ4n) is 3.95. The molecule has 16 nitrogen and oxygen atoms in total. The molecule has 46 heavy (non-hydrogen) atoms. The summed E-state index contributed by atoms with van der Waals surface area (Å²) in [6.07, 6.45) is 0. The number of phenols is 2.